The number of hydrogen-bond acceptors (Lipinski definition) is 2. The average Bonchev–Trinajstić information content (AvgIpc) is 2.80. The van der Waals surface area contributed by atoms with Crippen molar-refractivity contribution in [3.05, 3.63) is 29.0 Å². The summed E-state index contributed by atoms with van der Waals surface area (Å²) >= 11 is 12.8. The van der Waals surface area contributed by atoms with E-state index in [1.807, 2.05) is 32.0 Å². The molecule has 5 heteroatoms. The molecule has 0 fully saturated rings. The van der Waals surface area contributed by atoms with Gasteiger partial charge in [-0.1, -0.05) is 31.5 Å². The Morgan fingerprint density at radius 1 is 1.29 bits per heavy atom. The monoisotopic (exact) mass is 328 g/mol. The van der Waals surface area contributed by atoms with Gasteiger partial charge in [-0.3, -0.25) is 0 Å². The summed E-state index contributed by atoms with van der Waals surface area (Å²) in [6, 6.07) is 5.94. The lowest BCUT2D eigenvalue weighted by molar-refractivity contribution is 0.0968. The van der Waals surface area contributed by atoms with Crippen molar-refractivity contribution in [3.8, 4) is 0 Å². The minimum absolute atomic E-state index is 0.158. The number of para-hydroxylation sites is 1. The van der Waals surface area contributed by atoms with Gasteiger partial charge in [0.05, 0.1) is 34.1 Å². The number of hydrogen-bond donors (Lipinski definition) is 0. The molecule has 0 spiro atoms. The average molecular weight is 329 g/mol. The summed E-state index contributed by atoms with van der Waals surface area (Å²) in [6.07, 6.45) is 0. The molecule has 2 aromatic rings. The van der Waals surface area contributed by atoms with Crippen molar-refractivity contribution in [2.45, 2.75) is 39.1 Å². The maximum absolute atomic E-state index is 6.42. The number of ether oxygens (including phenoxy) is 1. The summed E-state index contributed by atoms with van der Waals surface area (Å²) in [7, 11) is 0. The first-order valence-corrected chi connectivity index (χ1v) is 8.17. The van der Waals surface area contributed by atoms with Crippen LogP contribution in [0.25, 0.3) is 11.0 Å². The Hall–Kier alpha value is -0.770. The standard InChI is InChI=1S/C16H22Cl2N2O/c1-5-21-9-14(10(2)3)20-15-12(18)7-6-8-13(15)19-16(20)11(4)17/h6-8,10-11,14H,5,9H2,1-4H3. The van der Waals surface area contributed by atoms with Gasteiger partial charge in [0.1, 0.15) is 5.82 Å². The summed E-state index contributed by atoms with van der Waals surface area (Å²) < 4.78 is 7.83. The maximum atomic E-state index is 6.42. The molecule has 0 aliphatic carbocycles. The third-order valence-corrected chi connectivity index (χ3v) is 4.14. The predicted molar refractivity (Wildman–Crippen MR) is 89.4 cm³/mol. The zero-order chi connectivity index (χ0) is 15.6. The first-order chi connectivity index (χ1) is 9.97. The lowest BCUT2D eigenvalue weighted by Crippen LogP contribution is -2.23. The molecule has 0 amide bonds. The molecule has 0 aliphatic heterocycles. The highest BCUT2D eigenvalue weighted by molar-refractivity contribution is 6.35. The number of alkyl halides is 1. The van der Waals surface area contributed by atoms with Gasteiger partial charge in [0.2, 0.25) is 0 Å². The fraction of sp³-hybridized carbons (Fsp3) is 0.562. The van der Waals surface area contributed by atoms with E-state index in [1.165, 1.54) is 0 Å². The van der Waals surface area contributed by atoms with E-state index in [-0.39, 0.29) is 11.4 Å². The van der Waals surface area contributed by atoms with Gasteiger partial charge in [0.25, 0.3) is 0 Å². The molecule has 0 N–H and O–H groups in total. The number of halogens is 2. The lowest BCUT2D eigenvalue weighted by Gasteiger charge is -2.26. The molecule has 2 atom stereocenters. The van der Waals surface area contributed by atoms with E-state index in [9.17, 15) is 0 Å². The number of fused-ring (bicyclic) bond motifs is 1. The Balaban J connectivity index is 2.65. The first kappa shape index (κ1) is 16.6. The summed E-state index contributed by atoms with van der Waals surface area (Å²) in [6.45, 7) is 9.60. The molecule has 0 saturated carbocycles. The van der Waals surface area contributed by atoms with Crippen molar-refractivity contribution in [1.29, 1.82) is 0 Å². The third kappa shape index (κ3) is 3.36. The molecule has 1 aromatic heterocycles. The summed E-state index contributed by atoms with van der Waals surface area (Å²) in [5.74, 6) is 1.23. The second-order valence-electron chi connectivity index (χ2n) is 5.53. The fourth-order valence-electron chi connectivity index (χ4n) is 2.54. The van der Waals surface area contributed by atoms with Crippen molar-refractivity contribution in [2.24, 2.45) is 5.92 Å². The molecule has 0 radical (unpaired) electrons. The third-order valence-electron chi connectivity index (χ3n) is 3.64. The quantitative estimate of drug-likeness (QED) is 0.679. The van der Waals surface area contributed by atoms with E-state index in [0.29, 0.717) is 24.2 Å². The van der Waals surface area contributed by atoms with Crippen LogP contribution >= 0.6 is 23.2 Å². The van der Waals surface area contributed by atoms with Crippen LogP contribution in [0.3, 0.4) is 0 Å². The topological polar surface area (TPSA) is 27.1 Å². The van der Waals surface area contributed by atoms with Crippen molar-refractivity contribution in [2.75, 3.05) is 13.2 Å². The summed E-state index contributed by atoms with van der Waals surface area (Å²) in [5, 5.41) is 0.516. The molecule has 1 heterocycles. The van der Waals surface area contributed by atoms with Crippen LogP contribution in [0.15, 0.2) is 18.2 Å². The van der Waals surface area contributed by atoms with Crippen molar-refractivity contribution in [3.63, 3.8) is 0 Å². The molecule has 2 rings (SSSR count). The van der Waals surface area contributed by atoms with Crippen LogP contribution in [0, 0.1) is 5.92 Å². The maximum Gasteiger partial charge on any atom is 0.128 e. The van der Waals surface area contributed by atoms with Gasteiger partial charge in [-0.05, 0) is 31.9 Å². The summed E-state index contributed by atoms with van der Waals surface area (Å²) in [4.78, 5) is 4.68. The van der Waals surface area contributed by atoms with Gasteiger partial charge in [-0.2, -0.15) is 0 Å². The Morgan fingerprint density at radius 3 is 2.57 bits per heavy atom. The molecule has 116 valence electrons. The van der Waals surface area contributed by atoms with Crippen molar-refractivity contribution >= 4 is 34.2 Å². The zero-order valence-electron chi connectivity index (χ0n) is 12.9. The van der Waals surface area contributed by atoms with Crippen LogP contribution in [-0.2, 0) is 4.74 Å². The molecular formula is C16H22Cl2N2O. The molecule has 0 bridgehead atoms. The highest BCUT2D eigenvalue weighted by atomic mass is 35.5. The molecule has 21 heavy (non-hydrogen) atoms. The highest BCUT2D eigenvalue weighted by Crippen LogP contribution is 2.34. The largest absolute Gasteiger partial charge is 0.380 e. The second kappa shape index (κ2) is 6.99. The van der Waals surface area contributed by atoms with E-state index < -0.39 is 0 Å². The predicted octanol–water partition coefficient (Wildman–Crippen LogP) is 5.22. The van der Waals surface area contributed by atoms with E-state index in [1.54, 1.807) is 0 Å². The first-order valence-electron chi connectivity index (χ1n) is 7.35. The Bertz CT molecular complexity index is 608. The SMILES string of the molecule is CCOCC(C(C)C)n1c(C(C)Cl)nc2cccc(Cl)c21. The number of aromatic nitrogens is 2. The van der Waals surface area contributed by atoms with Crippen LogP contribution in [-0.4, -0.2) is 22.8 Å². The minimum atomic E-state index is -0.184. The van der Waals surface area contributed by atoms with E-state index >= 15 is 0 Å². The van der Waals surface area contributed by atoms with Crippen molar-refractivity contribution < 1.29 is 4.74 Å². The van der Waals surface area contributed by atoms with Crippen LogP contribution < -0.4 is 0 Å². The smallest absolute Gasteiger partial charge is 0.128 e. The van der Waals surface area contributed by atoms with E-state index in [4.69, 9.17) is 27.9 Å². The molecule has 3 nitrogen and oxygen atoms in total. The van der Waals surface area contributed by atoms with Crippen LogP contribution in [0.2, 0.25) is 5.02 Å². The van der Waals surface area contributed by atoms with E-state index in [0.717, 1.165) is 16.9 Å². The number of imidazole rings is 1. The van der Waals surface area contributed by atoms with Gasteiger partial charge < -0.3 is 9.30 Å². The number of nitrogens with zero attached hydrogens (tertiary/aromatic N) is 2. The van der Waals surface area contributed by atoms with Gasteiger partial charge in [0.15, 0.2) is 0 Å². The molecule has 2 unspecified atom stereocenters. The van der Waals surface area contributed by atoms with Gasteiger partial charge >= 0.3 is 0 Å². The molecule has 0 aliphatic rings. The van der Waals surface area contributed by atoms with Crippen LogP contribution in [0.5, 0.6) is 0 Å². The number of rotatable bonds is 6. The normalized spacial score (nSPS) is 14.8. The highest BCUT2D eigenvalue weighted by Gasteiger charge is 2.25. The lowest BCUT2D eigenvalue weighted by atomic mass is 10.0. The van der Waals surface area contributed by atoms with Crippen LogP contribution in [0.4, 0.5) is 0 Å². The Kier molecular flexibility index (Phi) is 5.53. The minimum Gasteiger partial charge on any atom is -0.380 e. The van der Waals surface area contributed by atoms with Gasteiger partial charge in [0, 0.05) is 6.61 Å². The van der Waals surface area contributed by atoms with Crippen molar-refractivity contribution in [1.82, 2.24) is 9.55 Å². The fourth-order valence-corrected chi connectivity index (χ4v) is 2.96. The van der Waals surface area contributed by atoms with Gasteiger partial charge in [-0.15, -0.1) is 11.6 Å². The second-order valence-corrected chi connectivity index (χ2v) is 6.60. The Morgan fingerprint density at radius 2 is 2.00 bits per heavy atom. The molecular weight excluding hydrogens is 307 g/mol. The number of benzene rings is 1. The molecule has 0 saturated heterocycles. The zero-order valence-corrected chi connectivity index (χ0v) is 14.4. The molecule has 1 aromatic carbocycles. The van der Waals surface area contributed by atoms with Crippen LogP contribution in [0.1, 0.15) is 44.9 Å². The Labute approximate surface area is 136 Å². The van der Waals surface area contributed by atoms with E-state index in [2.05, 4.69) is 23.4 Å². The van der Waals surface area contributed by atoms with Gasteiger partial charge in [-0.25, -0.2) is 4.98 Å². The summed E-state index contributed by atoms with van der Waals surface area (Å²) in [5.41, 5.74) is 1.83.